The Hall–Kier alpha value is -1.71. The number of benzene rings is 1. The van der Waals surface area contributed by atoms with Crippen molar-refractivity contribution in [2.75, 3.05) is 13.2 Å². The third-order valence-corrected chi connectivity index (χ3v) is 3.60. The van der Waals surface area contributed by atoms with Crippen molar-refractivity contribution in [2.24, 2.45) is 5.92 Å². The van der Waals surface area contributed by atoms with Crippen LogP contribution in [-0.4, -0.2) is 23.2 Å². The predicted molar refractivity (Wildman–Crippen MR) is 70.3 cm³/mol. The fourth-order valence-corrected chi connectivity index (χ4v) is 2.10. The van der Waals surface area contributed by atoms with E-state index in [9.17, 15) is 0 Å². The molecule has 0 aliphatic carbocycles. The van der Waals surface area contributed by atoms with Crippen LogP contribution in [0.5, 0.6) is 11.5 Å². The van der Waals surface area contributed by atoms with Crippen LogP contribution in [-0.2, 0) is 0 Å². The van der Waals surface area contributed by atoms with Gasteiger partial charge in [0.05, 0.1) is 11.0 Å². The number of rotatable bonds is 2. The summed E-state index contributed by atoms with van der Waals surface area (Å²) in [4.78, 5) is 8.03. The summed E-state index contributed by atoms with van der Waals surface area (Å²) in [6.07, 6.45) is 0. The lowest BCUT2D eigenvalue weighted by Crippen LogP contribution is -2.15. The van der Waals surface area contributed by atoms with E-state index >= 15 is 0 Å². The number of imidazole rings is 1. The Morgan fingerprint density at radius 3 is 2.44 bits per heavy atom. The van der Waals surface area contributed by atoms with Crippen molar-refractivity contribution in [3.8, 4) is 11.5 Å². The highest BCUT2D eigenvalue weighted by Gasteiger charge is 2.18. The molecule has 2 heterocycles. The van der Waals surface area contributed by atoms with Gasteiger partial charge >= 0.3 is 0 Å². The predicted octanol–water partition coefficient (Wildman–Crippen LogP) is 3.09. The van der Waals surface area contributed by atoms with Gasteiger partial charge in [-0.2, -0.15) is 0 Å². The monoisotopic (exact) mass is 246 g/mol. The molecule has 1 aliphatic rings. The maximum absolute atomic E-state index is 5.58. The lowest BCUT2D eigenvalue weighted by atomic mass is 9.98. The number of hydrogen-bond acceptors (Lipinski definition) is 3. The second-order valence-electron chi connectivity index (χ2n) is 5.17. The molecule has 0 fully saturated rings. The molecule has 18 heavy (non-hydrogen) atoms. The van der Waals surface area contributed by atoms with Crippen molar-refractivity contribution >= 4 is 11.0 Å². The summed E-state index contributed by atoms with van der Waals surface area (Å²) in [5, 5.41) is 0. The highest BCUT2D eigenvalue weighted by Crippen LogP contribution is 2.34. The average molecular weight is 246 g/mol. The summed E-state index contributed by atoms with van der Waals surface area (Å²) in [7, 11) is 0. The second kappa shape index (κ2) is 4.19. The summed E-state index contributed by atoms with van der Waals surface area (Å²) in [6, 6.07) is 3.93. The molecule has 4 nitrogen and oxygen atoms in total. The molecule has 1 aromatic heterocycles. The van der Waals surface area contributed by atoms with Crippen molar-refractivity contribution in [3.05, 3.63) is 18.0 Å². The topological polar surface area (TPSA) is 47.1 Å². The third kappa shape index (κ3) is 1.82. The number of nitrogens with zero attached hydrogens (tertiary/aromatic N) is 1. The van der Waals surface area contributed by atoms with Crippen LogP contribution in [0.25, 0.3) is 11.0 Å². The van der Waals surface area contributed by atoms with Crippen molar-refractivity contribution in [2.45, 2.75) is 26.7 Å². The summed E-state index contributed by atoms with van der Waals surface area (Å²) in [5.74, 6) is 3.61. The van der Waals surface area contributed by atoms with Crippen molar-refractivity contribution in [1.29, 1.82) is 0 Å². The largest absolute Gasteiger partial charge is 0.486 e. The normalized spacial score (nSPS) is 16.2. The van der Waals surface area contributed by atoms with Gasteiger partial charge in [-0.3, -0.25) is 0 Å². The molecule has 0 spiro atoms. The van der Waals surface area contributed by atoms with Gasteiger partial charge < -0.3 is 14.5 Å². The fourth-order valence-electron chi connectivity index (χ4n) is 2.10. The molecule has 1 aromatic carbocycles. The third-order valence-electron chi connectivity index (χ3n) is 3.60. The van der Waals surface area contributed by atoms with Crippen molar-refractivity contribution < 1.29 is 9.47 Å². The van der Waals surface area contributed by atoms with E-state index in [2.05, 4.69) is 30.7 Å². The van der Waals surface area contributed by atoms with E-state index in [-0.39, 0.29) is 0 Å². The Labute approximate surface area is 106 Å². The van der Waals surface area contributed by atoms with Gasteiger partial charge in [-0.15, -0.1) is 0 Å². The van der Waals surface area contributed by atoms with Gasteiger partial charge in [-0.25, -0.2) is 4.98 Å². The lowest BCUT2D eigenvalue weighted by molar-refractivity contribution is 0.172. The number of aromatic amines is 1. The minimum atomic E-state index is 0.413. The molecule has 0 saturated carbocycles. The molecular formula is C14H18N2O2. The van der Waals surface area contributed by atoms with Crippen LogP contribution >= 0.6 is 0 Å². The zero-order valence-electron chi connectivity index (χ0n) is 11.0. The van der Waals surface area contributed by atoms with E-state index in [0.29, 0.717) is 25.0 Å². The highest BCUT2D eigenvalue weighted by molar-refractivity contribution is 5.80. The van der Waals surface area contributed by atoms with Crippen LogP contribution in [0.4, 0.5) is 0 Å². The Kier molecular flexibility index (Phi) is 2.65. The first kappa shape index (κ1) is 11.4. The molecular weight excluding hydrogens is 228 g/mol. The average Bonchev–Trinajstić information content (AvgIpc) is 2.77. The lowest BCUT2D eigenvalue weighted by Gasteiger charge is -2.17. The Bertz CT molecular complexity index is 531. The molecule has 1 aliphatic heterocycles. The van der Waals surface area contributed by atoms with Gasteiger partial charge in [0.2, 0.25) is 0 Å². The van der Waals surface area contributed by atoms with Crippen LogP contribution in [0.2, 0.25) is 0 Å². The molecule has 4 heteroatoms. The molecule has 0 bridgehead atoms. The Balaban J connectivity index is 2.06. The standard InChI is InChI=1S/C14H18N2O2/c1-8(2)9(3)14-15-10-6-12-13(7-11(10)16-14)18-5-4-17-12/h6-9H,4-5H2,1-3H3,(H,15,16). The summed E-state index contributed by atoms with van der Waals surface area (Å²) < 4.78 is 11.1. The van der Waals surface area contributed by atoms with Crippen LogP contribution in [0.3, 0.4) is 0 Å². The number of nitrogens with one attached hydrogen (secondary N) is 1. The van der Waals surface area contributed by atoms with Crippen LogP contribution in [0.15, 0.2) is 12.1 Å². The van der Waals surface area contributed by atoms with Crippen LogP contribution < -0.4 is 9.47 Å². The van der Waals surface area contributed by atoms with E-state index in [0.717, 1.165) is 28.4 Å². The highest BCUT2D eigenvalue weighted by atomic mass is 16.6. The van der Waals surface area contributed by atoms with Gasteiger partial charge in [-0.05, 0) is 5.92 Å². The van der Waals surface area contributed by atoms with Gasteiger partial charge in [0.1, 0.15) is 19.0 Å². The zero-order valence-corrected chi connectivity index (χ0v) is 11.0. The molecule has 1 unspecified atom stereocenters. The number of hydrogen-bond donors (Lipinski definition) is 1. The van der Waals surface area contributed by atoms with Crippen LogP contribution in [0.1, 0.15) is 32.5 Å². The van der Waals surface area contributed by atoms with E-state index in [4.69, 9.17) is 9.47 Å². The van der Waals surface area contributed by atoms with Crippen molar-refractivity contribution in [1.82, 2.24) is 9.97 Å². The molecule has 1 N–H and O–H groups in total. The molecule has 1 atom stereocenters. The van der Waals surface area contributed by atoms with E-state index in [1.54, 1.807) is 0 Å². The SMILES string of the molecule is CC(C)C(C)c1nc2cc3c(cc2[nH]1)OCCO3. The zero-order chi connectivity index (χ0) is 12.7. The minimum Gasteiger partial charge on any atom is -0.486 e. The summed E-state index contributed by atoms with van der Waals surface area (Å²) >= 11 is 0. The van der Waals surface area contributed by atoms with Crippen molar-refractivity contribution in [3.63, 3.8) is 0 Å². The number of H-pyrrole nitrogens is 1. The molecule has 96 valence electrons. The minimum absolute atomic E-state index is 0.413. The molecule has 0 amide bonds. The van der Waals surface area contributed by atoms with Gasteiger partial charge in [0.15, 0.2) is 11.5 Å². The molecule has 0 saturated heterocycles. The number of ether oxygens (including phenoxy) is 2. The second-order valence-corrected chi connectivity index (χ2v) is 5.17. The van der Waals surface area contributed by atoms with E-state index < -0.39 is 0 Å². The maximum atomic E-state index is 5.58. The Morgan fingerprint density at radius 2 is 1.78 bits per heavy atom. The first-order valence-electron chi connectivity index (χ1n) is 6.44. The smallest absolute Gasteiger partial charge is 0.163 e. The maximum Gasteiger partial charge on any atom is 0.163 e. The van der Waals surface area contributed by atoms with Gasteiger partial charge in [0.25, 0.3) is 0 Å². The number of fused-ring (bicyclic) bond motifs is 2. The fraction of sp³-hybridized carbons (Fsp3) is 0.500. The van der Waals surface area contributed by atoms with E-state index in [1.807, 2.05) is 12.1 Å². The quantitative estimate of drug-likeness (QED) is 0.885. The summed E-state index contributed by atoms with van der Waals surface area (Å²) in [5.41, 5.74) is 1.96. The van der Waals surface area contributed by atoms with Gasteiger partial charge in [-0.1, -0.05) is 20.8 Å². The summed E-state index contributed by atoms with van der Waals surface area (Å²) in [6.45, 7) is 7.82. The number of aromatic nitrogens is 2. The Morgan fingerprint density at radius 1 is 1.11 bits per heavy atom. The van der Waals surface area contributed by atoms with Crippen LogP contribution in [0, 0.1) is 5.92 Å². The first-order valence-corrected chi connectivity index (χ1v) is 6.44. The van der Waals surface area contributed by atoms with E-state index in [1.165, 1.54) is 0 Å². The molecule has 3 rings (SSSR count). The molecule has 0 radical (unpaired) electrons. The first-order chi connectivity index (χ1) is 8.65. The molecule has 2 aromatic rings. The van der Waals surface area contributed by atoms with Gasteiger partial charge in [0, 0.05) is 18.1 Å².